The SMILES string of the molecule is CC(C)S(=O)(=O)c1nnc(-c2coc3cc(F)ccc3c2=O)s1. The molecule has 0 fully saturated rings. The molecule has 3 aromatic rings. The van der Waals surface area contributed by atoms with Crippen LogP contribution in [0.2, 0.25) is 0 Å². The van der Waals surface area contributed by atoms with Crippen molar-refractivity contribution in [2.24, 2.45) is 0 Å². The largest absolute Gasteiger partial charge is 0.463 e. The molecule has 0 aliphatic heterocycles. The first-order valence-electron chi connectivity index (χ1n) is 6.59. The van der Waals surface area contributed by atoms with Gasteiger partial charge in [0.05, 0.1) is 16.2 Å². The summed E-state index contributed by atoms with van der Waals surface area (Å²) in [5.41, 5.74) is -0.221. The molecule has 23 heavy (non-hydrogen) atoms. The summed E-state index contributed by atoms with van der Waals surface area (Å²) >= 11 is 0.803. The highest BCUT2D eigenvalue weighted by Crippen LogP contribution is 2.27. The molecule has 3 rings (SSSR count). The summed E-state index contributed by atoms with van der Waals surface area (Å²) in [6.45, 7) is 3.07. The molecule has 0 aliphatic carbocycles. The second kappa shape index (κ2) is 5.50. The lowest BCUT2D eigenvalue weighted by Crippen LogP contribution is -2.13. The molecule has 120 valence electrons. The molecule has 9 heteroatoms. The first-order valence-corrected chi connectivity index (χ1v) is 8.96. The average Bonchev–Trinajstić information content (AvgIpc) is 2.97. The van der Waals surface area contributed by atoms with Crippen LogP contribution in [0.3, 0.4) is 0 Å². The van der Waals surface area contributed by atoms with E-state index in [2.05, 4.69) is 10.2 Å². The maximum atomic E-state index is 13.2. The van der Waals surface area contributed by atoms with Gasteiger partial charge in [0.15, 0.2) is 5.01 Å². The average molecular weight is 354 g/mol. The van der Waals surface area contributed by atoms with Gasteiger partial charge in [-0.05, 0) is 26.0 Å². The van der Waals surface area contributed by atoms with Crippen LogP contribution in [0.5, 0.6) is 0 Å². The van der Waals surface area contributed by atoms with E-state index in [-0.39, 0.29) is 25.9 Å². The van der Waals surface area contributed by atoms with Gasteiger partial charge in [-0.1, -0.05) is 11.3 Å². The summed E-state index contributed by atoms with van der Waals surface area (Å²) in [5.74, 6) is -0.519. The summed E-state index contributed by atoms with van der Waals surface area (Å²) in [7, 11) is -3.56. The lowest BCUT2D eigenvalue weighted by Gasteiger charge is -2.01. The van der Waals surface area contributed by atoms with E-state index in [1.807, 2.05) is 0 Å². The number of aromatic nitrogens is 2. The Bertz CT molecular complexity index is 1050. The third-order valence-electron chi connectivity index (χ3n) is 3.24. The van der Waals surface area contributed by atoms with Crippen LogP contribution in [-0.4, -0.2) is 23.9 Å². The van der Waals surface area contributed by atoms with Gasteiger partial charge in [-0.25, -0.2) is 12.8 Å². The van der Waals surface area contributed by atoms with Crippen LogP contribution < -0.4 is 5.43 Å². The molecule has 0 saturated heterocycles. The molecule has 0 N–H and O–H groups in total. The Labute approximate surface area is 134 Å². The summed E-state index contributed by atoms with van der Waals surface area (Å²) in [4.78, 5) is 12.4. The maximum Gasteiger partial charge on any atom is 0.233 e. The molecule has 0 saturated carbocycles. The number of sulfone groups is 1. The number of hydrogen-bond acceptors (Lipinski definition) is 7. The van der Waals surface area contributed by atoms with Gasteiger partial charge in [0.25, 0.3) is 0 Å². The molecule has 0 amide bonds. The Balaban J connectivity index is 2.15. The molecule has 0 unspecified atom stereocenters. The maximum absolute atomic E-state index is 13.2. The molecule has 2 aromatic heterocycles. The van der Waals surface area contributed by atoms with E-state index in [0.717, 1.165) is 29.7 Å². The molecular formula is C14H11FN2O4S2. The number of halogens is 1. The Morgan fingerprint density at radius 3 is 2.70 bits per heavy atom. The number of benzene rings is 1. The Morgan fingerprint density at radius 2 is 2.00 bits per heavy atom. The van der Waals surface area contributed by atoms with Crippen molar-refractivity contribution in [3.8, 4) is 10.6 Å². The summed E-state index contributed by atoms with van der Waals surface area (Å²) < 4.78 is 42.4. The number of nitrogens with zero attached hydrogens (tertiary/aromatic N) is 2. The van der Waals surface area contributed by atoms with Crippen molar-refractivity contribution in [1.29, 1.82) is 0 Å². The minimum Gasteiger partial charge on any atom is -0.463 e. The Kier molecular flexibility index (Phi) is 3.77. The molecule has 2 heterocycles. The first kappa shape index (κ1) is 15.8. The van der Waals surface area contributed by atoms with Crippen molar-refractivity contribution in [1.82, 2.24) is 10.2 Å². The standard InChI is InChI=1S/C14H11FN2O4S2/c1-7(2)23(19,20)14-17-16-13(22-14)10-6-21-11-5-8(15)3-4-9(11)12(10)18/h3-7H,1-2H3. The van der Waals surface area contributed by atoms with E-state index in [9.17, 15) is 17.6 Å². The molecule has 0 aliphatic rings. The fraction of sp³-hybridized carbons (Fsp3) is 0.214. The van der Waals surface area contributed by atoms with Crippen molar-refractivity contribution in [3.05, 3.63) is 40.5 Å². The summed E-state index contributed by atoms with van der Waals surface area (Å²) in [6.07, 6.45) is 1.14. The monoisotopic (exact) mass is 354 g/mol. The van der Waals surface area contributed by atoms with E-state index in [1.54, 1.807) is 0 Å². The minimum absolute atomic E-state index is 0.0896. The molecule has 0 radical (unpaired) electrons. The smallest absolute Gasteiger partial charge is 0.233 e. The quantitative estimate of drug-likeness (QED) is 0.718. The highest BCUT2D eigenvalue weighted by Gasteiger charge is 2.25. The summed E-state index contributed by atoms with van der Waals surface area (Å²) in [5, 5.41) is 7.13. The van der Waals surface area contributed by atoms with Crippen LogP contribution in [-0.2, 0) is 9.84 Å². The molecule has 1 aromatic carbocycles. The van der Waals surface area contributed by atoms with E-state index in [0.29, 0.717) is 0 Å². The van der Waals surface area contributed by atoms with E-state index < -0.39 is 26.3 Å². The lowest BCUT2D eigenvalue weighted by molar-refractivity contribution is 0.585. The molecule has 0 bridgehead atoms. The van der Waals surface area contributed by atoms with Gasteiger partial charge in [-0.15, -0.1) is 10.2 Å². The number of hydrogen-bond donors (Lipinski definition) is 0. The van der Waals surface area contributed by atoms with Crippen LogP contribution in [0.25, 0.3) is 21.5 Å². The van der Waals surface area contributed by atoms with Crippen LogP contribution in [0, 0.1) is 5.82 Å². The number of rotatable bonds is 3. The van der Waals surface area contributed by atoms with Gasteiger partial charge in [0.1, 0.15) is 17.7 Å². The second-order valence-corrected chi connectivity index (χ2v) is 8.74. The minimum atomic E-state index is -3.56. The Hall–Kier alpha value is -2.13. The van der Waals surface area contributed by atoms with E-state index >= 15 is 0 Å². The van der Waals surface area contributed by atoms with Gasteiger partial charge in [-0.2, -0.15) is 0 Å². The molecular weight excluding hydrogens is 343 g/mol. The zero-order valence-electron chi connectivity index (χ0n) is 12.1. The topological polar surface area (TPSA) is 90.1 Å². The van der Waals surface area contributed by atoms with Gasteiger partial charge < -0.3 is 4.42 Å². The second-order valence-electron chi connectivity index (χ2n) is 5.09. The van der Waals surface area contributed by atoms with Crippen LogP contribution >= 0.6 is 11.3 Å². The van der Waals surface area contributed by atoms with E-state index in [1.165, 1.54) is 19.9 Å². The predicted octanol–water partition coefficient (Wildman–Crippen LogP) is 2.63. The fourth-order valence-electron chi connectivity index (χ4n) is 1.89. The molecule has 0 spiro atoms. The van der Waals surface area contributed by atoms with Gasteiger partial charge in [-0.3, -0.25) is 4.79 Å². The Morgan fingerprint density at radius 1 is 1.26 bits per heavy atom. The molecule has 6 nitrogen and oxygen atoms in total. The van der Waals surface area contributed by atoms with Crippen molar-refractivity contribution < 1.29 is 17.2 Å². The van der Waals surface area contributed by atoms with Crippen molar-refractivity contribution in [2.75, 3.05) is 0 Å². The van der Waals surface area contributed by atoms with Crippen molar-refractivity contribution >= 4 is 32.1 Å². The summed E-state index contributed by atoms with van der Waals surface area (Å²) in [6, 6.07) is 3.57. The normalized spacial score (nSPS) is 12.2. The molecule has 0 atom stereocenters. The van der Waals surface area contributed by atoms with Crippen LogP contribution in [0.4, 0.5) is 4.39 Å². The zero-order valence-corrected chi connectivity index (χ0v) is 13.7. The van der Waals surface area contributed by atoms with Gasteiger partial charge >= 0.3 is 0 Å². The lowest BCUT2D eigenvalue weighted by atomic mass is 10.2. The van der Waals surface area contributed by atoms with Gasteiger partial charge in [0, 0.05) is 6.07 Å². The van der Waals surface area contributed by atoms with Crippen LogP contribution in [0.1, 0.15) is 13.8 Å². The fourth-order valence-corrected chi connectivity index (χ4v) is 4.30. The predicted molar refractivity (Wildman–Crippen MR) is 83.7 cm³/mol. The zero-order chi connectivity index (χ0) is 16.8. The third-order valence-corrected chi connectivity index (χ3v) is 6.75. The number of fused-ring (bicyclic) bond motifs is 1. The first-order chi connectivity index (χ1) is 10.8. The highest BCUT2D eigenvalue weighted by atomic mass is 32.2. The van der Waals surface area contributed by atoms with Crippen LogP contribution in [0.15, 0.2) is 38.0 Å². The van der Waals surface area contributed by atoms with Crippen molar-refractivity contribution in [2.45, 2.75) is 23.4 Å². The van der Waals surface area contributed by atoms with Gasteiger partial charge in [0.2, 0.25) is 19.6 Å². The van der Waals surface area contributed by atoms with Crippen molar-refractivity contribution in [3.63, 3.8) is 0 Å². The third kappa shape index (κ3) is 2.66. The van der Waals surface area contributed by atoms with E-state index in [4.69, 9.17) is 4.42 Å². The highest BCUT2D eigenvalue weighted by molar-refractivity contribution is 7.93.